The Bertz CT molecular complexity index is 1360. The van der Waals surface area contributed by atoms with Crippen molar-refractivity contribution in [2.24, 2.45) is 0 Å². The van der Waals surface area contributed by atoms with Gasteiger partial charge in [-0.15, -0.1) is 0 Å². The van der Waals surface area contributed by atoms with Gasteiger partial charge in [0.15, 0.2) is 0 Å². The van der Waals surface area contributed by atoms with Crippen LogP contribution in [0.4, 0.5) is 0 Å². The second-order valence-corrected chi connectivity index (χ2v) is 7.31. The molecule has 0 saturated carbocycles. The van der Waals surface area contributed by atoms with Crippen molar-refractivity contribution >= 4 is 21.9 Å². The zero-order valence-electron chi connectivity index (χ0n) is 16.2. The molecule has 0 unspecified atom stereocenters. The van der Waals surface area contributed by atoms with E-state index in [-0.39, 0.29) is 5.63 Å². The molecule has 2 aromatic heterocycles. The fourth-order valence-electron chi connectivity index (χ4n) is 4.19. The lowest BCUT2D eigenvalue weighted by Gasteiger charge is -2.06. The number of rotatable bonds is 4. The number of benzene rings is 3. The molecule has 0 amide bonds. The van der Waals surface area contributed by atoms with Gasteiger partial charge < -0.3 is 9.40 Å². The van der Waals surface area contributed by atoms with Crippen LogP contribution in [0, 0.1) is 0 Å². The number of aromatic nitrogens is 1. The molecule has 29 heavy (non-hydrogen) atoms. The number of fused-ring (bicyclic) bond motifs is 3. The minimum absolute atomic E-state index is 0.293. The smallest absolute Gasteiger partial charge is 0.336 e. The van der Waals surface area contributed by atoms with Crippen LogP contribution in [0.3, 0.4) is 0 Å². The van der Waals surface area contributed by atoms with E-state index < -0.39 is 0 Å². The molecule has 3 aromatic carbocycles. The molecule has 0 aliphatic rings. The highest BCUT2D eigenvalue weighted by atomic mass is 16.4. The van der Waals surface area contributed by atoms with Crippen LogP contribution >= 0.6 is 0 Å². The normalized spacial score (nSPS) is 11.3. The zero-order valence-corrected chi connectivity index (χ0v) is 16.2. The van der Waals surface area contributed by atoms with E-state index in [1.54, 1.807) is 6.07 Å². The topological polar surface area (TPSA) is 46.0 Å². The van der Waals surface area contributed by atoms with Gasteiger partial charge in [-0.05, 0) is 35.2 Å². The first-order chi connectivity index (χ1) is 14.3. The third kappa shape index (κ3) is 2.95. The molecule has 0 aliphatic carbocycles. The van der Waals surface area contributed by atoms with Crippen LogP contribution in [0.15, 0.2) is 88.1 Å². The van der Waals surface area contributed by atoms with Crippen LogP contribution in [-0.2, 0) is 6.42 Å². The number of aryl methyl sites for hydroxylation is 1. The van der Waals surface area contributed by atoms with Crippen molar-refractivity contribution in [3.05, 3.63) is 94.8 Å². The van der Waals surface area contributed by atoms with Crippen molar-refractivity contribution in [3.8, 4) is 22.4 Å². The van der Waals surface area contributed by atoms with Gasteiger partial charge in [0.2, 0.25) is 0 Å². The minimum Gasteiger partial charge on any atom is -0.423 e. The molecular weight excluding hydrogens is 358 g/mol. The van der Waals surface area contributed by atoms with E-state index in [1.807, 2.05) is 18.2 Å². The summed E-state index contributed by atoms with van der Waals surface area (Å²) in [7, 11) is 0. The summed E-state index contributed by atoms with van der Waals surface area (Å²) >= 11 is 0. The second kappa shape index (κ2) is 7.10. The van der Waals surface area contributed by atoms with Crippen LogP contribution in [0.2, 0.25) is 0 Å². The van der Waals surface area contributed by atoms with Gasteiger partial charge in [0.05, 0.1) is 11.2 Å². The lowest BCUT2D eigenvalue weighted by Crippen LogP contribution is -2.00. The maximum absolute atomic E-state index is 12.1. The van der Waals surface area contributed by atoms with Crippen LogP contribution in [-0.4, -0.2) is 4.98 Å². The summed E-state index contributed by atoms with van der Waals surface area (Å²) in [6.07, 6.45) is 1.80. The zero-order chi connectivity index (χ0) is 19.8. The lowest BCUT2D eigenvalue weighted by atomic mass is 9.97. The Morgan fingerprint density at radius 1 is 0.862 bits per heavy atom. The Balaban J connectivity index is 1.93. The third-order valence-electron chi connectivity index (χ3n) is 5.40. The number of nitrogens with one attached hydrogen (secondary N) is 1. The quantitative estimate of drug-likeness (QED) is 0.359. The monoisotopic (exact) mass is 379 g/mol. The molecule has 0 bridgehead atoms. The molecule has 0 spiro atoms. The van der Waals surface area contributed by atoms with Crippen molar-refractivity contribution in [2.75, 3.05) is 0 Å². The standard InChI is InChI=1S/C26H21NO2/c1-2-9-19-16-22(28)29-21-15-14-20-23(17-10-5-3-6-11-17)25(27-26(20)24(19)21)18-12-7-4-8-13-18/h3-8,10-16,27H,2,9H2,1H3. The van der Waals surface area contributed by atoms with E-state index in [4.69, 9.17) is 4.42 Å². The highest BCUT2D eigenvalue weighted by molar-refractivity contribution is 6.14. The molecule has 0 radical (unpaired) electrons. The lowest BCUT2D eigenvalue weighted by molar-refractivity contribution is 0.559. The van der Waals surface area contributed by atoms with E-state index in [9.17, 15) is 4.79 Å². The Morgan fingerprint density at radius 2 is 1.55 bits per heavy atom. The Labute approximate surface area is 168 Å². The first kappa shape index (κ1) is 17.5. The van der Waals surface area contributed by atoms with Crippen molar-refractivity contribution in [2.45, 2.75) is 19.8 Å². The first-order valence-corrected chi connectivity index (χ1v) is 9.98. The minimum atomic E-state index is -0.293. The number of hydrogen-bond acceptors (Lipinski definition) is 2. The third-order valence-corrected chi connectivity index (χ3v) is 5.40. The number of hydrogen-bond donors (Lipinski definition) is 1. The molecule has 1 N–H and O–H groups in total. The molecule has 0 saturated heterocycles. The van der Waals surface area contributed by atoms with Crippen LogP contribution < -0.4 is 5.63 Å². The predicted molar refractivity (Wildman–Crippen MR) is 119 cm³/mol. The highest BCUT2D eigenvalue weighted by Gasteiger charge is 2.19. The Hall–Kier alpha value is -3.59. The van der Waals surface area contributed by atoms with Gasteiger partial charge in [0.1, 0.15) is 5.58 Å². The van der Waals surface area contributed by atoms with Gasteiger partial charge >= 0.3 is 5.63 Å². The first-order valence-electron chi connectivity index (χ1n) is 9.98. The summed E-state index contributed by atoms with van der Waals surface area (Å²) in [5.74, 6) is 0. The van der Waals surface area contributed by atoms with E-state index in [1.165, 1.54) is 5.56 Å². The maximum Gasteiger partial charge on any atom is 0.336 e. The predicted octanol–water partition coefficient (Wildman–Crippen LogP) is 6.56. The van der Waals surface area contributed by atoms with Crippen LogP contribution in [0.5, 0.6) is 0 Å². The van der Waals surface area contributed by atoms with Gasteiger partial charge in [0.25, 0.3) is 0 Å². The van der Waals surface area contributed by atoms with Gasteiger partial charge in [0, 0.05) is 22.4 Å². The highest BCUT2D eigenvalue weighted by Crippen LogP contribution is 2.41. The molecule has 0 aliphatic heterocycles. The summed E-state index contributed by atoms with van der Waals surface area (Å²) in [4.78, 5) is 15.7. The maximum atomic E-state index is 12.1. The molecule has 5 rings (SSSR count). The molecular formula is C26H21NO2. The van der Waals surface area contributed by atoms with Crippen molar-refractivity contribution in [3.63, 3.8) is 0 Å². The van der Waals surface area contributed by atoms with Crippen LogP contribution in [0.1, 0.15) is 18.9 Å². The fraction of sp³-hybridized carbons (Fsp3) is 0.115. The van der Waals surface area contributed by atoms with Crippen LogP contribution in [0.25, 0.3) is 44.3 Å². The molecule has 0 fully saturated rings. The second-order valence-electron chi connectivity index (χ2n) is 7.31. The van der Waals surface area contributed by atoms with Gasteiger partial charge in [-0.25, -0.2) is 4.79 Å². The average molecular weight is 379 g/mol. The average Bonchev–Trinajstić information content (AvgIpc) is 3.14. The van der Waals surface area contributed by atoms with Gasteiger partial charge in [-0.2, -0.15) is 0 Å². The Morgan fingerprint density at radius 3 is 2.24 bits per heavy atom. The Kier molecular flexibility index (Phi) is 4.28. The molecule has 2 heterocycles. The van der Waals surface area contributed by atoms with Crippen molar-refractivity contribution in [1.82, 2.24) is 4.98 Å². The SMILES string of the molecule is CCCc1cc(=O)oc2ccc3c(-c4ccccc4)c(-c4ccccc4)[nH]c3c12. The molecule has 0 atom stereocenters. The van der Waals surface area contributed by atoms with E-state index >= 15 is 0 Å². The fourth-order valence-corrected chi connectivity index (χ4v) is 4.19. The van der Waals surface area contributed by atoms with Gasteiger partial charge in [-0.1, -0.05) is 74.0 Å². The van der Waals surface area contributed by atoms with E-state index in [0.717, 1.165) is 51.5 Å². The largest absolute Gasteiger partial charge is 0.423 e. The summed E-state index contributed by atoms with van der Waals surface area (Å²) in [5.41, 5.74) is 6.93. The summed E-state index contributed by atoms with van der Waals surface area (Å²) < 4.78 is 5.54. The number of aromatic amines is 1. The molecule has 142 valence electrons. The molecule has 5 aromatic rings. The molecule has 3 heteroatoms. The van der Waals surface area contributed by atoms with Crippen molar-refractivity contribution < 1.29 is 4.42 Å². The van der Waals surface area contributed by atoms with Crippen molar-refractivity contribution in [1.29, 1.82) is 0 Å². The van der Waals surface area contributed by atoms with E-state index in [0.29, 0.717) is 5.58 Å². The van der Waals surface area contributed by atoms with Gasteiger partial charge in [-0.3, -0.25) is 0 Å². The summed E-state index contributed by atoms with van der Waals surface area (Å²) in [5, 5.41) is 2.14. The van der Waals surface area contributed by atoms with E-state index in [2.05, 4.69) is 66.5 Å². The summed E-state index contributed by atoms with van der Waals surface area (Å²) in [6, 6.07) is 26.4. The summed E-state index contributed by atoms with van der Waals surface area (Å²) in [6.45, 7) is 2.13. The molecule has 3 nitrogen and oxygen atoms in total. The number of H-pyrrole nitrogens is 1.